The Morgan fingerprint density at radius 2 is 1.87 bits per heavy atom. The first kappa shape index (κ1) is 20.4. The Kier molecular flexibility index (Phi) is 6.31. The molecule has 0 aromatic heterocycles. The van der Waals surface area contributed by atoms with Crippen LogP contribution in [0.2, 0.25) is 0 Å². The fourth-order valence-corrected chi connectivity index (χ4v) is 3.89. The lowest BCUT2D eigenvalue weighted by Gasteiger charge is -2.33. The molecule has 1 heterocycles. The average Bonchev–Trinajstić information content (AvgIpc) is 2.79. The van der Waals surface area contributed by atoms with Gasteiger partial charge in [0.25, 0.3) is 0 Å². The van der Waals surface area contributed by atoms with Crippen LogP contribution in [0.4, 0.5) is 0 Å². The molecule has 5 heteroatoms. The van der Waals surface area contributed by atoms with Gasteiger partial charge in [-0.1, -0.05) is 48.5 Å². The van der Waals surface area contributed by atoms with Crippen LogP contribution < -0.4 is 4.74 Å². The maximum atomic E-state index is 12.8. The summed E-state index contributed by atoms with van der Waals surface area (Å²) < 4.78 is 11.2. The molecule has 1 atom stereocenters. The first-order valence-corrected chi connectivity index (χ1v) is 10.3. The third kappa shape index (κ3) is 4.81. The maximum absolute atomic E-state index is 12.8. The van der Waals surface area contributed by atoms with E-state index in [9.17, 15) is 4.79 Å². The number of morpholine rings is 1. The molecule has 1 aliphatic heterocycles. The van der Waals surface area contributed by atoms with Gasteiger partial charge in [-0.15, -0.1) is 0 Å². The van der Waals surface area contributed by atoms with Crippen molar-refractivity contribution in [1.82, 2.24) is 9.80 Å². The van der Waals surface area contributed by atoms with Crippen LogP contribution in [0.3, 0.4) is 0 Å². The first-order valence-electron chi connectivity index (χ1n) is 10.3. The van der Waals surface area contributed by atoms with Crippen molar-refractivity contribution in [3.05, 3.63) is 77.9 Å². The lowest BCUT2D eigenvalue weighted by atomic mass is 10.1. The topological polar surface area (TPSA) is 42.0 Å². The molecule has 0 radical (unpaired) electrons. The van der Waals surface area contributed by atoms with E-state index in [0.29, 0.717) is 19.7 Å². The molecule has 1 saturated heterocycles. The summed E-state index contributed by atoms with van der Waals surface area (Å²) in [4.78, 5) is 16.8. The summed E-state index contributed by atoms with van der Waals surface area (Å²) in [7, 11) is 3.54. The molecular formula is C25H28N2O3. The van der Waals surface area contributed by atoms with Gasteiger partial charge in [0.15, 0.2) is 0 Å². The molecule has 0 N–H and O–H groups in total. The SMILES string of the molecule is COc1ccc2cc(CN(C)C(=O)CN3CCOC(c4ccccc4)C3)ccc2c1. The Labute approximate surface area is 177 Å². The van der Waals surface area contributed by atoms with Crippen molar-refractivity contribution in [1.29, 1.82) is 0 Å². The number of carbonyl (C=O) groups is 1. The second-order valence-electron chi connectivity index (χ2n) is 7.80. The third-order valence-electron chi connectivity index (χ3n) is 5.64. The number of methoxy groups -OCH3 is 1. The Hall–Kier alpha value is -2.89. The number of hydrogen-bond donors (Lipinski definition) is 0. The van der Waals surface area contributed by atoms with E-state index in [2.05, 4.69) is 41.3 Å². The number of likely N-dealkylation sites (N-methyl/N-ethyl adjacent to an activating group) is 1. The van der Waals surface area contributed by atoms with Crippen LogP contribution in [-0.2, 0) is 16.1 Å². The van der Waals surface area contributed by atoms with Gasteiger partial charge in [-0.05, 0) is 40.1 Å². The van der Waals surface area contributed by atoms with Crippen LogP contribution in [0.15, 0.2) is 66.7 Å². The van der Waals surface area contributed by atoms with Crippen LogP contribution in [0.5, 0.6) is 5.75 Å². The highest BCUT2D eigenvalue weighted by Crippen LogP contribution is 2.23. The summed E-state index contributed by atoms with van der Waals surface area (Å²) in [6.07, 6.45) is 0.0236. The minimum atomic E-state index is 0.0236. The summed E-state index contributed by atoms with van der Waals surface area (Å²) in [6.45, 7) is 3.16. The average molecular weight is 405 g/mol. The van der Waals surface area contributed by atoms with Crippen molar-refractivity contribution < 1.29 is 14.3 Å². The molecule has 1 amide bonds. The van der Waals surface area contributed by atoms with E-state index in [1.165, 1.54) is 0 Å². The zero-order valence-electron chi connectivity index (χ0n) is 17.6. The van der Waals surface area contributed by atoms with Gasteiger partial charge in [-0.3, -0.25) is 9.69 Å². The quantitative estimate of drug-likeness (QED) is 0.625. The highest BCUT2D eigenvalue weighted by Gasteiger charge is 2.24. The standard InChI is InChI=1S/C25H28N2O3/c1-26(16-19-8-9-22-15-23(29-2)11-10-21(22)14-19)25(28)18-27-12-13-30-24(17-27)20-6-4-3-5-7-20/h3-11,14-15,24H,12-13,16-18H2,1-2H3. The number of rotatable bonds is 6. The van der Waals surface area contributed by atoms with Gasteiger partial charge >= 0.3 is 0 Å². The molecule has 4 rings (SSSR count). The van der Waals surface area contributed by atoms with E-state index in [-0.39, 0.29) is 12.0 Å². The first-order chi connectivity index (χ1) is 14.6. The van der Waals surface area contributed by atoms with Crippen molar-refractivity contribution in [2.45, 2.75) is 12.6 Å². The van der Waals surface area contributed by atoms with Gasteiger partial charge in [-0.25, -0.2) is 0 Å². The van der Waals surface area contributed by atoms with Crippen molar-refractivity contribution >= 4 is 16.7 Å². The molecule has 1 aliphatic rings. The lowest BCUT2D eigenvalue weighted by Crippen LogP contribution is -2.44. The van der Waals surface area contributed by atoms with E-state index in [0.717, 1.165) is 40.7 Å². The van der Waals surface area contributed by atoms with Gasteiger partial charge < -0.3 is 14.4 Å². The zero-order chi connectivity index (χ0) is 20.9. The summed E-state index contributed by atoms with van der Waals surface area (Å²) in [5, 5.41) is 2.28. The van der Waals surface area contributed by atoms with Crippen molar-refractivity contribution in [3.8, 4) is 5.75 Å². The molecule has 30 heavy (non-hydrogen) atoms. The predicted octanol–water partition coefficient (Wildman–Crippen LogP) is 3.88. The lowest BCUT2D eigenvalue weighted by molar-refractivity contribution is -0.133. The highest BCUT2D eigenvalue weighted by molar-refractivity contribution is 5.84. The molecule has 0 bridgehead atoms. The number of carbonyl (C=O) groups excluding carboxylic acids is 1. The highest BCUT2D eigenvalue weighted by atomic mass is 16.5. The van der Waals surface area contributed by atoms with E-state index in [1.807, 2.05) is 37.4 Å². The van der Waals surface area contributed by atoms with Gasteiger partial charge in [0, 0.05) is 26.7 Å². The second-order valence-corrected chi connectivity index (χ2v) is 7.80. The number of ether oxygens (including phenoxy) is 2. The molecule has 0 spiro atoms. The maximum Gasteiger partial charge on any atom is 0.236 e. The van der Waals surface area contributed by atoms with Crippen LogP contribution in [0, 0.1) is 0 Å². The Morgan fingerprint density at radius 3 is 2.67 bits per heavy atom. The molecular weight excluding hydrogens is 376 g/mol. The van der Waals surface area contributed by atoms with E-state index in [1.54, 1.807) is 12.0 Å². The molecule has 1 unspecified atom stereocenters. The summed E-state index contributed by atoms with van der Waals surface area (Å²) >= 11 is 0. The predicted molar refractivity (Wildman–Crippen MR) is 119 cm³/mol. The van der Waals surface area contributed by atoms with Crippen molar-refractivity contribution in [2.24, 2.45) is 0 Å². The van der Waals surface area contributed by atoms with Gasteiger partial charge in [0.1, 0.15) is 5.75 Å². The summed E-state index contributed by atoms with van der Waals surface area (Å²) in [5.41, 5.74) is 2.28. The minimum Gasteiger partial charge on any atom is -0.497 e. The van der Waals surface area contributed by atoms with Crippen molar-refractivity contribution in [3.63, 3.8) is 0 Å². The Bertz CT molecular complexity index is 1010. The summed E-state index contributed by atoms with van der Waals surface area (Å²) in [6, 6.07) is 22.5. The van der Waals surface area contributed by atoms with Gasteiger partial charge in [0.2, 0.25) is 5.91 Å². The molecule has 5 nitrogen and oxygen atoms in total. The van der Waals surface area contributed by atoms with Gasteiger partial charge in [0.05, 0.1) is 26.4 Å². The van der Waals surface area contributed by atoms with E-state index in [4.69, 9.17) is 9.47 Å². The zero-order valence-corrected chi connectivity index (χ0v) is 17.6. The van der Waals surface area contributed by atoms with Crippen LogP contribution in [0.25, 0.3) is 10.8 Å². The molecule has 0 saturated carbocycles. The molecule has 3 aromatic rings. The number of fused-ring (bicyclic) bond motifs is 1. The number of amides is 1. The molecule has 3 aromatic carbocycles. The van der Waals surface area contributed by atoms with Crippen LogP contribution in [-0.4, -0.2) is 56.1 Å². The second kappa shape index (κ2) is 9.28. The Balaban J connectivity index is 1.36. The fraction of sp³-hybridized carbons (Fsp3) is 0.320. The van der Waals surface area contributed by atoms with E-state index >= 15 is 0 Å². The van der Waals surface area contributed by atoms with E-state index < -0.39 is 0 Å². The van der Waals surface area contributed by atoms with Crippen LogP contribution in [0.1, 0.15) is 17.2 Å². The monoisotopic (exact) mass is 404 g/mol. The molecule has 156 valence electrons. The smallest absolute Gasteiger partial charge is 0.236 e. The number of hydrogen-bond acceptors (Lipinski definition) is 4. The van der Waals surface area contributed by atoms with Crippen molar-refractivity contribution in [2.75, 3.05) is 40.4 Å². The third-order valence-corrected chi connectivity index (χ3v) is 5.64. The minimum absolute atomic E-state index is 0.0236. The van der Waals surface area contributed by atoms with Crippen LogP contribution >= 0.6 is 0 Å². The normalized spacial score (nSPS) is 17.1. The molecule has 1 fully saturated rings. The molecule has 0 aliphatic carbocycles. The largest absolute Gasteiger partial charge is 0.497 e. The van der Waals surface area contributed by atoms with Gasteiger partial charge in [-0.2, -0.15) is 0 Å². The fourth-order valence-electron chi connectivity index (χ4n) is 3.89. The summed E-state index contributed by atoms with van der Waals surface area (Å²) in [5.74, 6) is 0.973. The number of benzene rings is 3. The number of nitrogens with zero attached hydrogens (tertiary/aromatic N) is 2. The Morgan fingerprint density at radius 1 is 1.10 bits per heavy atom.